The number of amides is 1. The van der Waals surface area contributed by atoms with E-state index in [1.807, 2.05) is 6.07 Å². The highest BCUT2D eigenvalue weighted by Gasteiger charge is 2.33. The minimum atomic E-state index is -0.331. The van der Waals surface area contributed by atoms with E-state index in [1.54, 1.807) is 24.9 Å². The number of thiocarbonyl (C=S) groups is 1. The molecule has 2 fully saturated rings. The predicted octanol–water partition coefficient (Wildman–Crippen LogP) is 3.18. The van der Waals surface area contributed by atoms with Gasteiger partial charge in [-0.25, -0.2) is 0 Å². The number of rotatable bonds is 7. The molecule has 3 heterocycles. The fourth-order valence-electron chi connectivity index (χ4n) is 3.89. The largest absolute Gasteiger partial charge is 0.378 e. The highest BCUT2D eigenvalue weighted by molar-refractivity contribution is 8.26. The fraction of sp³-hybridized carbons (Fsp3) is 0.545. The molecule has 0 saturated carbocycles. The predicted molar refractivity (Wildman–Crippen MR) is 128 cm³/mol. The van der Waals surface area contributed by atoms with E-state index in [2.05, 4.69) is 11.8 Å². The second-order valence-electron chi connectivity index (χ2n) is 7.71. The van der Waals surface area contributed by atoms with Gasteiger partial charge in [0.15, 0.2) is 0 Å². The van der Waals surface area contributed by atoms with Crippen LogP contribution in [0.1, 0.15) is 49.3 Å². The summed E-state index contributed by atoms with van der Waals surface area (Å²) in [5.41, 5.74) is 1.07. The van der Waals surface area contributed by atoms with Crippen LogP contribution in [0, 0.1) is 18.3 Å². The van der Waals surface area contributed by atoms with Crippen molar-refractivity contribution < 1.29 is 9.53 Å². The molecular weight excluding hydrogens is 432 g/mol. The maximum atomic E-state index is 13.1. The molecule has 0 spiro atoms. The van der Waals surface area contributed by atoms with Gasteiger partial charge in [-0.2, -0.15) is 5.26 Å². The molecule has 0 aromatic carbocycles. The summed E-state index contributed by atoms with van der Waals surface area (Å²) in [6.07, 6.45) is 6.06. The molecule has 0 aliphatic carbocycles. The van der Waals surface area contributed by atoms with Crippen LogP contribution in [0.4, 0.5) is 5.82 Å². The van der Waals surface area contributed by atoms with Gasteiger partial charge in [-0.3, -0.25) is 19.1 Å². The molecule has 31 heavy (non-hydrogen) atoms. The van der Waals surface area contributed by atoms with Crippen molar-refractivity contribution >= 4 is 46.1 Å². The number of hydrogen-bond donors (Lipinski definition) is 0. The average Bonchev–Trinajstić information content (AvgIpc) is 3.03. The average molecular weight is 461 g/mol. The lowest BCUT2D eigenvalue weighted by atomic mass is 10.0. The zero-order valence-corrected chi connectivity index (χ0v) is 19.9. The quantitative estimate of drug-likeness (QED) is 0.351. The first-order chi connectivity index (χ1) is 14.9. The Morgan fingerprint density at radius 3 is 2.58 bits per heavy atom. The zero-order valence-electron chi connectivity index (χ0n) is 18.3. The number of unbranched alkanes of at least 4 members (excludes halogenated alkanes) is 3. The van der Waals surface area contributed by atoms with E-state index in [0.29, 0.717) is 59.0 Å². The molecule has 0 bridgehead atoms. The zero-order chi connectivity index (χ0) is 22.5. The Bertz CT molecular complexity index is 1000. The summed E-state index contributed by atoms with van der Waals surface area (Å²) >= 11 is 6.75. The standard InChI is InChI=1S/C22H28N4O3S2/c1-4-5-6-7-8-26-21(28)18(31-22(26)30)13-16-15(2)17(14-23)20(27)24(3)19(16)25-9-11-29-12-10-25/h13H,4-12H2,1-3H3/b18-13-. The molecule has 7 nitrogen and oxygen atoms in total. The molecule has 1 amide bonds. The number of nitrogens with zero attached hydrogens (tertiary/aromatic N) is 4. The summed E-state index contributed by atoms with van der Waals surface area (Å²) in [6.45, 7) is 6.93. The van der Waals surface area contributed by atoms with Crippen LogP contribution < -0.4 is 10.5 Å². The van der Waals surface area contributed by atoms with Gasteiger partial charge in [-0.1, -0.05) is 50.2 Å². The molecular formula is C22H28N4O3S2. The Morgan fingerprint density at radius 1 is 1.23 bits per heavy atom. The van der Waals surface area contributed by atoms with E-state index < -0.39 is 0 Å². The summed E-state index contributed by atoms with van der Waals surface area (Å²) in [4.78, 5) is 30.1. The van der Waals surface area contributed by atoms with E-state index in [9.17, 15) is 14.9 Å². The van der Waals surface area contributed by atoms with Gasteiger partial charge in [-0.15, -0.1) is 0 Å². The van der Waals surface area contributed by atoms with E-state index >= 15 is 0 Å². The van der Waals surface area contributed by atoms with Gasteiger partial charge >= 0.3 is 0 Å². The van der Waals surface area contributed by atoms with Crippen LogP contribution in [0.15, 0.2) is 9.70 Å². The number of anilines is 1. The Balaban J connectivity index is 2.02. The number of carbonyl (C=O) groups is 1. The summed E-state index contributed by atoms with van der Waals surface area (Å²) < 4.78 is 7.53. The summed E-state index contributed by atoms with van der Waals surface area (Å²) in [5.74, 6) is 0.601. The van der Waals surface area contributed by atoms with Crippen LogP contribution in [0.3, 0.4) is 0 Å². The lowest BCUT2D eigenvalue weighted by Gasteiger charge is -2.32. The normalized spacial score (nSPS) is 18.2. The maximum absolute atomic E-state index is 13.1. The highest BCUT2D eigenvalue weighted by atomic mass is 32.2. The molecule has 166 valence electrons. The number of thioether (sulfide) groups is 1. The first kappa shape index (κ1) is 23.5. The van der Waals surface area contributed by atoms with Crippen LogP contribution in [0.25, 0.3) is 6.08 Å². The highest BCUT2D eigenvalue weighted by Crippen LogP contribution is 2.36. The van der Waals surface area contributed by atoms with Crippen molar-refractivity contribution in [1.29, 1.82) is 5.26 Å². The summed E-state index contributed by atoms with van der Waals surface area (Å²) in [6, 6.07) is 2.03. The third-order valence-electron chi connectivity index (χ3n) is 5.66. The molecule has 0 radical (unpaired) electrons. The number of morpholine rings is 1. The van der Waals surface area contributed by atoms with Crippen LogP contribution in [-0.4, -0.2) is 52.5 Å². The van der Waals surface area contributed by atoms with Crippen LogP contribution in [-0.2, 0) is 16.6 Å². The van der Waals surface area contributed by atoms with Crippen molar-refractivity contribution in [2.24, 2.45) is 7.05 Å². The van der Waals surface area contributed by atoms with Gasteiger partial charge in [-0.05, 0) is 25.0 Å². The Kier molecular flexibility index (Phi) is 7.92. The number of hydrogen-bond acceptors (Lipinski definition) is 7. The lowest BCUT2D eigenvalue weighted by Crippen LogP contribution is -2.40. The third kappa shape index (κ3) is 4.86. The van der Waals surface area contributed by atoms with Crippen molar-refractivity contribution in [3.05, 3.63) is 31.9 Å². The molecule has 2 aliphatic heterocycles. The van der Waals surface area contributed by atoms with Crippen LogP contribution in [0.2, 0.25) is 0 Å². The van der Waals surface area contributed by atoms with Gasteiger partial charge in [0.1, 0.15) is 21.8 Å². The third-order valence-corrected chi connectivity index (χ3v) is 7.04. The monoisotopic (exact) mass is 460 g/mol. The number of carbonyl (C=O) groups excluding carboxylic acids is 1. The lowest BCUT2D eigenvalue weighted by molar-refractivity contribution is -0.122. The molecule has 0 N–H and O–H groups in total. The first-order valence-electron chi connectivity index (χ1n) is 10.6. The molecule has 1 aromatic heterocycles. The minimum Gasteiger partial charge on any atom is -0.378 e. The molecule has 2 aliphatic rings. The second-order valence-corrected chi connectivity index (χ2v) is 9.38. The van der Waals surface area contributed by atoms with Crippen molar-refractivity contribution in [1.82, 2.24) is 9.47 Å². The number of aromatic nitrogens is 1. The van der Waals surface area contributed by atoms with E-state index in [0.717, 1.165) is 25.7 Å². The van der Waals surface area contributed by atoms with Crippen LogP contribution >= 0.6 is 24.0 Å². The van der Waals surface area contributed by atoms with E-state index in [1.165, 1.54) is 16.3 Å². The van der Waals surface area contributed by atoms with E-state index in [-0.39, 0.29) is 17.0 Å². The van der Waals surface area contributed by atoms with Crippen molar-refractivity contribution in [3.8, 4) is 6.07 Å². The van der Waals surface area contributed by atoms with Gasteiger partial charge in [0.05, 0.1) is 18.1 Å². The van der Waals surface area contributed by atoms with Gasteiger partial charge in [0.25, 0.3) is 11.5 Å². The first-order valence-corrected chi connectivity index (χ1v) is 11.8. The smallest absolute Gasteiger partial charge is 0.270 e. The Hall–Kier alpha value is -2.15. The maximum Gasteiger partial charge on any atom is 0.270 e. The Labute approximate surface area is 192 Å². The SMILES string of the molecule is CCCCCCN1C(=O)/C(=C/c2c(C)c(C#N)c(=O)n(C)c2N2CCOCC2)SC1=S. The number of nitriles is 1. The summed E-state index contributed by atoms with van der Waals surface area (Å²) in [7, 11) is 1.67. The minimum absolute atomic E-state index is 0.0980. The van der Waals surface area contributed by atoms with Gasteiger partial charge in [0, 0.05) is 32.2 Å². The fourth-order valence-corrected chi connectivity index (χ4v) is 5.18. The van der Waals surface area contributed by atoms with Gasteiger partial charge < -0.3 is 9.64 Å². The van der Waals surface area contributed by atoms with E-state index in [4.69, 9.17) is 17.0 Å². The number of pyridine rings is 1. The van der Waals surface area contributed by atoms with Crippen molar-refractivity contribution in [3.63, 3.8) is 0 Å². The molecule has 0 unspecified atom stereocenters. The second kappa shape index (κ2) is 10.4. The van der Waals surface area contributed by atoms with Crippen molar-refractivity contribution in [2.45, 2.75) is 39.5 Å². The molecule has 0 atom stereocenters. The van der Waals surface area contributed by atoms with Crippen LogP contribution in [0.5, 0.6) is 0 Å². The summed E-state index contributed by atoms with van der Waals surface area (Å²) in [5, 5.41) is 9.57. The molecule has 9 heteroatoms. The Morgan fingerprint density at radius 2 is 1.94 bits per heavy atom. The molecule has 2 saturated heterocycles. The molecule has 3 rings (SSSR count). The number of ether oxygens (including phenoxy) is 1. The molecule has 1 aromatic rings. The van der Waals surface area contributed by atoms with Crippen molar-refractivity contribution in [2.75, 3.05) is 37.7 Å². The van der Waals surface area contributed by atoms with Gasteiger partial charge in [0.2, 0.25) is 0 Å². The topological polar surface area (TPSA) is 78.6 Å².